The highest BCUT2D eigenvalue weighted by Crippen LogP contribution is 2.17. The molecule has 0 spiro atoms. The van der Waals surface area contributed by atoms with E-state index in [-0.39, 0.29) is 19.8 Å². The molecule has 0 atom stereocenters. The van der Waals surface area contributed by atoms with Gasteiger partial charge in [-0.1, -0.05) is 13.2 Å². The van der Waals surface area contributed by atoms with Crippen LogP contribution in [0.25, 0.3) is 0 Å². The van der Waals surface area contributed by atoms with E-state index in [4.69, 9.17) is 14.2 Å². The summed E-state index contributed by atoms with van der Waals surface area (Å²) in [7, 11) is 0. The van der Waals surface area contributed by atoms with E-state index < -0.39 is 12.1 Å². The lowest BCUT2D eigenvalue weighted by Gasteiger charge is -2.18. The van der Waals surface area contributed by atoms with Crippen LogP contribution >= 0.6 is 0 Å². The van der Waals surface area contributed by atoms with Crippen molar-refractivity contribution in [2.24, 2.45) is 0 Å². The van der Waals surface area contributed by atoms with Crippen LogP contribution in [0.1, 0.15) is 19.8 Å². The molecule has 20 heavy (non-hydrogen) atoms. The molecule has 0 amide bonds. The zero-order valence-electron chi connectivity index (χ0n) is 11.9. The van der Waals surface area contributed by atoms with Gasteiger partial charge in [0.05, 0.1) is 6.54 Å². The lowest BCUT2D eigenvalue weighted by Crippen LogP contribution is -2.24. The highest BCUT2D eigenvalue weighted by Gasteiger charge is 2.15. The lowest BCUT2D eigenvalue weighted by atomic mass is 10.3. The zero-order valence-corrected chi connectivity index (χ0v) is 11.9. The summed E-state index contributed by atoms with van der Waals surface area (Å²) in [6.45, 7) is 10.7. The van der Waals surface area contributed by atoms with Crippen molar-refractivity contribution in [1.82, 2.24) is 4.90 Å². The average molecular weight is 283 g/mol. The first-order chi connectivity index (χ1) is 9.50. The summed E-state index contributed by atoms with van der Waals surface area (Å²) in [6.07, 6.45) is 1.33. The van der Waals surface area contributed by atoms with Crippen molar-refractivity contribution in [2.45, 2.75) is 19.8 Å². The molecule has 1 aliphatic heterocycles. The van der Waals surface area contributed by atoms with Crippen LogP contribution in [0.2, 0.25) is 0 Å². The molecule has 0 aromatic rings. The lowest BCUT2D eigenvalue weighted by molar-refractivity contribution is -0.140. The van der Waals surface area contributed by atoms with E-state index in [2.05, 4.69) is 18.1 Å². The summed E-state index contributed by atoms with van der Waals surface area (Å²) in [5.41, 5.74) is 1.38. The first-order valence-electron chi connectivity index (χ1n) is 6.55. The summed E-state index contributed by atoms with van der Waals surface area (Å²) in [5.74, 6) is -0.505. The molecule has 1 saturated heterocycles. The van der Waals surface area contributed by atoms with Crippen molar-refractivity contribution in [2.75, 3.05) is 32.9 Å². The second-order valence-corrected chi connectivity index (χ2v) is 4.52. The van der Waals surface area contributed by atoms with Gasteiger partial charge >= 0.3 is 12.1 Å². The van der Waals surface area contributed by atoms with Crippen LogP contribution in [0, 0.1) is 0 Å². The monoisotopic (exact) mass is 283 g/mol. The minimum absolute atomic E-state index is 0.0102. The Hall–Kier alpha value is -1.98. The van der Waals surface area contributed by atoms with E-state index >= 15 is 0 Å². The fourth-order valence-electron chi connectivity index (χ4n) is 1.72. The van der Waals surface area contributed by atoms with Gasteiger partial charge in [0.15, 0.2) is 0 Å². The molecule has 1 fully saturated rings. The van der Waals surface area contributed by atoms with Gasteiger partial charge in [0.1, 0.15) is 19.8 Å². The van der Waals surface area contributed by atoms with E-state index in [0.29, 0.717) is 12.1 Å². The van der Waals surface area contributed by atoms with Crippen LogP contribution in [0.5, 0.6) is 0 Å². The summed E-state index contributed by atoms with van der Waals surface area (Å²) < 4.78 is 14.4. The molecule has 6 nitrogen and oxygen atoms in total. The molecular formula is C14H21NO5. The number of hydrogen-bond donors (Lipinski definition) is 0. The Kier molecular flexibility index (Phi) is 6.63. The zero-order chi connectivity index (χ0) is 15.0. The Morgan fingerprint density at radius 3 is 2.45 bits per heavy atom. The Bertz CT molecular complexity index is 391. The topological polar surface area (TPSA) is 65.1 Å². The van der Waals surface area contributed by atoms with Gasteiger partial charge in [-0.05, 0) is 19.8 Å². The number of ether oxygens (including phenoxy) is 3. The number of esters is 1. The van der Waals surface area contributed by atoms with Crippen molar-refractivity contribution in [3.05, 3.63) is 24.4 Å². The maximum atomic E-state index is 11.2. The predicted octanol–water partition coefficient (Wildman–Crippen LogP) is 1.87. The molecule has 0 aliphatic carbocycles. The van der Waals surface area contributed by atoms with Crippen LogP contribution in [0.15, 0.2) is 24.4 Å². The van der Waals surface area contributed by atoms with Crippen molar-refractivity contribution in [3.8, 4) is 0 Å². The third-order valence-corrected chi connectivity index (χ3v) is 2.81. The van der Waals surface area contributed by atoms with Crippen LogP contribution in [-0.2, 0) is 19.0 Å². The normalized spacial score (nSPS) is 14.1. The fourth-order valence-corrected chi connectivity index (χ4v) is 1.72. The van der Waals surface area contributed by atoms with E-state index in [1.54, 1.807) is 6.92 Å². The van der Waals surface area contributed by atoms with Crippen LogP contribution in [-0.4, -0.2) is 49.9 Å². The number of likely N-dealkylation sites (tertiary alicyclic amines) is 1. The second-order valence-electron chi connectivity index (χ2n) is 4.52. The maximum absolute atomic E-state index is 11.2. The average Bonchev–Trinajstić information content (AvgIpc) is 2.80. The third-order valence-electron chi connectivity index (χ3n) is 2.81. The molecule has 0 bridgehead atoms. The molecule has 0 aromatic carbocycles. The van der Waals surface area contributed by atoms with Crippen LogP contribution in [0.4, 0.5) is 4.79 Å². The second kappa shape index (κ2) is 8.24. The van der Waals surface area contributed by atoms with Gasteiger partial charge in [0, 0.05) is 17.8 Å². The first-order valence-corrected chi connectivity index (χ1v) is 6.55. The van der Waals surface area contributed by atoms with E-state index in [0.717, 1.165) is 25.1 Å². The SMILES string of the molecule is C=C(C)C(=O)OCCOC(=O)OCCN1CCCC1=C. The molecule has 1 aliphatic rings. The third kappa shape index (κ3) is 5.77. The van der Waals surface area contributed by atoms with E-state index in [1.165, 1.54) is 0 Å². The smallest absolute Gasteiger partial charge is 0.459 e. The summed E-state index contributed by atoms with van der Waals surface area (Å²) in [6, 6.07) is 0. The van der Waals surface area contributed by atoms with Gasteiger partial charge in [-0.15, -0.1) is 0 Å². The minimum Gasteiger partial charge on any atom is -0.459 e. The van der Waals surface area contributed by atoms with Gasteiger partial charge in [-0.3, -0.25) is 0 Å². The minimum atomic E-state index is -0.763. The maximum Gasteiger partial charge on any atom is 0.508 e. The molecule has 0 radical (unpaired) electrons. The number of hydrogen-bond acceptors (Lipinski definition) is 6. The predicted molar refractivity (Wildman–Crippen MR) is 73.0 cm³/mol. The molecule has 0 N–H and O–H groups in total. The van der Waals surface area contributed by atoms with Crippen molar-refractivity contribution < 1.29 is 23.8 Å². The molecule has 6 heteroatoms. The molecule has 1 rings (SSSR count). The largest absolute Gasteiger partial charge is 0.508 e. The Morgan fingerprint density at radius 2 is 1.85 bits per heavy atom. The molecular weight excluding hydrogens is 262 g/mol. The highest BCUT2D eigenvalue weighted by molar-refractivity contribution is 5.86. The number of carbonyl (C=O) groups is 2. The summed E-state index contributed by atoms with van der Waals surface area (Å²) in [4.78, 5) is 24.3. The van der Waals surface area contributed by atoms with Crippen molar-refractivity contribution in [3.63, 3.8) is 0 Å². The van der Waals surface area contributed by atoms with E-state index in [1.807, 2.05) is 0 Å². The molecule has 112 valence electrons. The van der Waals surface area contributed by atoms with Gasteiger partial charge in [-0.2, -0.15) is 0 Å². The van der Waals surface area contributed by atoms with Gasteiger partial charge in [0.25, 0.3) is 0 Å². The standard InChI is InChI=1S/C14H21NO5/c1-11(2)13(16)18-9-10-20-14(17)19-8-7-15-6-4-5-12(15)3/h1,3-10H2,2H3. The number of allylic oxidation sites excluding steroid dienone is 1. The quantitative estimate of drug-likeness (QED) is 0.404. The van der Waals surface area contributed by atoms with Gasteiger partial charge in [-0.25, -0.2) is 9.59 Å². The summed E-state index contributed by atoms with van der Waals surface area (Å²) in [5, 5.41) is 0. The number of rotatable bonds is 7. The number of carbonyl (C=O) groups excluding carboxylic acids is 2. The summed E-state index contributed by atoms with van der Waals surface area (Å²) >= 11 is 0. The van der Waals surface area contributed by atoms with E-state index in [9.17, 15) is 9.59 Å². The molecule has 1 heterocycles. The van der Waals surface area contributed by atoms with Crippen molar-refractivity contribution in [1.29, 1.82) is 0 Å². The molecule has 0 aromatic heterocycles. The molecule has 0 saturated carbocycles. The molecule has 0 unspecified atom stereocenters. The Balaban J connectivity index is 2.02. The van der Waals surface area contributed by atoms with Gasteiger partial charge < -0.3 is 19.1 Å². The first kappa shape index (κ1) is 16.1. The Morgan fingerprint density at radius 1 is 1.20 bits per heavy atom. The number of nitrogens with zero attached hydrogens (tertiary/aromatic N) is 1. The van der Waals surface area contributed by atoms with Crippen molar-refractivity contribution >= 4 is 12.1 Å². The fraction of sp³-hybridized carbons (Fsp3) is 0.571. The Labute approximate surface area is 119 Å². The highest BCUT2D eigenvalue weighted by atomic mass is 16.7. The van der Waals surface area contributed by atoms with Gasteiger partial charge in [0.2, 0.25) is 0 Å². The van der Waals surface area contributed by atoms with Crippen LogP contribution in [0.3, 0.4) is 0 Å². The van der Waals surface area contributed by atoms with Crippen LogP contribution < -0.4 is 0 Å².